The Morgan fingerprint density at radius 1 is 0.853 bits per heavy atom. The fourth-order valence-corrected chi connectivity index (χ4v) is 3.67. The molecule has 0 bridgehead atoms. The Labute approximate surface area is 194 Å². The number of aromatic nitrogens is 2. The van der Waals surface area contributed by atoms with Gasteiger partial charge in [-0.2, -0.15) is 0 Å². The van der Waals surface area contributed by atoms with Crippen molar-refractivity contribution in [2.45, 2.75) is 6.54 Å². The number of hydrogen-bond donors (Lipinski definition) is 1. The average molecular weight is 461 g/mol. The average Bonchev–Trinajstić information content (AvgIpc) is 2.87. The first-order valence-corrected chi connectivity index (χ1v) is 10.4. The molecule has 1 aromatic heterocycles. The normalized spacial score (nSPS) is 10.7. The van der Waals surface area contributed by atoms with Crippen LogP contribution in [-0.4, -0.2) is 36.4 Å². The van der Waals surface area contributed by atoms with Crippen LogP contribution in [0.5, 0.6) is 17.2 Å². The molecule has 0 aliphatic rings. The number of carbonyl (C=O) groups is 1. The lowest BCUT2D eigenvalue weighted by atomic mass is 10.2. The summed E-state index contributed by atoms with van der Waals surface area (Å²) >= 11 is 0. The van der Waals surface area contributed by atoms with E-state index in [-0.39, 0.29) is 17.4 Å². The van der Waals surface area contributed by atoms with Gasteiger partial charge in [0, 0.05) is 11.8 Å². The highest BCUT2D eigenvalue weighted by Crippen LogP contribution is 2.30. The molecule has 9 heteroatoms. The third-order valence-corrected chi connectivity index (χ3v) is 5.34. The van der Waals surface area contributed by atoms with E-state index >= 15 is 0 Å². The largest absolute Gasteiger partial charge is 0.497 e. The number of anilines is 1. The number of para-hydroxylation sites is 1. The SMILES string of the molecule is COc1ccc(NC(=O)Cn2c(=O)n(-c3ccccc3)c(=O)c3cc(OC)c(OC)cc32)cc1. The lowest BCUT2D eigenvalue weighted by Gasteiger charge is -2.16. The smallest absolute Gasteiger partial charge is 0.336 e. The van der Waals surface area contributed by atoms with Gasteiger partial charge in [0.15, 0.2) is 11.5 Å². The number of amides is 1. The monoisotopic (exact) mass is 461 g/mol. The maximum absolute atomic E-state index is 13.5. The van der Waals surface area contributed by atoms with Crippen LogP contribution >= 0.6 is 0 Å². The Balaban J connectivity index is 1.87. The molecule has 34 heavy (non-hydrogen) atoms. The lowest BCUT2D eigenvalue weighted by molar-refractivity contribution is -0.116. The summed E-state index contributed by atoms with van der Waals surface area (Å²) in [5.74, 6) is 0.868. The fraction of sp³-hybridized carbons (Fsp3) is 0.160. The molecular formula is C25H23N3O6. The Kier molecular flexibility index (Phi) is 6.35. The van der Waals surface area contributed by atoms with Crippen LogP contribution in [0, 0.1) is 0 Å². The van der Waals surface area contributed by atoms with Crippen LogP contribution in [0.25, 0.3) is 16.6 Å². The van der Waals surface area contributed by atoms with Gasteiger partial charge in [-0.25, -0.2) is 9.36 Å². The summed E-state index contributed by atoms with van der Waals surface area (Å²) in [7, 11) is 4.46. The molecule has 0 spiro atoms. The molecule has 1 N–H and O–H groups in total. The summed E-state index contributed by atoms with van der Waals surface area (Å²) in [4.78, 5) is 39.7. The molecule has 0 saturated heterocycles. The minimum atomic E-state index is -0.652. The van der Waals surface area contributed by atoms with Crippen molar-refractivity contribution in [3.8, 4) is 22.9 Å². The van der Waals surface area contributed by atoms with Crippen molar-refractivity contribution < 1.29 is 19.0 Å². The predicted molar refractivity (Wildman–Crippen MR) is 129 cm³/mol. The fourth-order valence-electron chi connectivity index (χ4n) is 3.67. The molecule has 0 aliphatic heterocycles. The van der Waals surface area contributed by atoms with Crippen molar-refractivity contribution in [2.24, 2.45) is 0 Å². The summed E-state index contributed by atoms with van der Waals surface area (Å²) in [6.07, 6.45) is 0. The van der Waals surface area contributed by atoms with Gasteiger partial charge in [0.2, 0.25) is 5.91 Å². The van der Waals surface area contributed by atoms with Crippen LogP contribution in [0.4, 0.5) is 5.69 Å². The van der Waals surface area contributed by atoms with E-state index in [9.17, 15) is 14.4 Å². The van der Waals surface area contributed by atoms with Gasteiger partial charge in [0.1, 0.15) is 12.3 Å². The Morgan fingerprint density at radius 3 is 2.12 bits per heavy atom. The van der Waals surface area contributed by atoms with Crippen LogP contribution in [0.2, 0.25) is 0 Å². The van der Waals surface area contributed by atoms with Gasteiger partial charge in [-0.1, -0.05) is 18.2 Å². The molecule has 174 valence electrons. The van der Waals surface area contributed by atoms with Crippen molar-refractivity contribution >= 4 is 22.5 Å². The Morgan fingerprint density at radius 2 is 1.50 bits per heavy atom. The van der Waals surface area contributed by atoms with Crippen LogP contribution in [0.15, 0.2) is 76.3 Å². The Hall–Kier alpha value is -4.53. The first-order chi connectivity index (χ1) is 16.5. The van der Waals surface area contributed by atoms with E-state index in [4.69, 9.17) is 14.2 Å². The molecule has 4 rings (SSSR count). The van der Waals surface area contributed by atoms with Crippen molar-refractivity contribution in [3.63, 3.8) is 0 Å². The number of fused-ring (bicyclic) bond motifs is 1. The molecule has 0 aliphatic carbocycles. The summed E-state index contributed by atoms with van der Waals surface area (Å²) in [5.41, 5.74) is 0.00163. The molecule has 9 nitrogen and oxygen atoms in total. The molecule has 1 amide bonds. The first-order valence-electron chi connectivity index (χ1n) is 10.4. The van der Waals surface area contributed by atoms with Gasteiger partial charge in [-0.15, -0.1) is 0 Å². The molecule has 4 aromatic rings. The minimum absolute atomic E-state index is 0.207. The zero-order valence-electron chi connectivity index (χ0n) is 18.9. The molecule has 0 radical (unpaired) electrons. The molecule has 0 saturated carbocycles. The van der Waals surface area contributed by atoms with Crippen molar-refractivity contribution in [2.75, 3.05) is 26.6 Å². The first kappa shape index (κ1) is 22.7. The molecular weight excluding hydrogens is 438 g/mol. The van der Waals surface area contributed by atoms with Crippen LogP contribution in [0.3, 0.4) is 0 Å². The molecule has 3 aromatic carbocycles. The van der Waals surface area contributed by atoms with E-state index in [2.05, 4.69) is 5.32 Å². The maximum atomic E-state index is 13.5. The molecule has 0 fully saturated rings. The molecule has 0 atom stereocenters. The molecule has 1 heterocycles. The zero-order chi connectivity index (χ0) is 24.2. The third kappa shape index (κ3) is 4.23. The third-order valence-electron chi connectivity index (χ3n) is 5.34. The van der Waals surface area contributed by atoms with Crippen LogP contribution in [0.1, 0.15) is 0 Å². The van der Waals surface area contributed by atoms with Crippen molar-refractivity contribution in [1.82, 2.24) is 9.13 Å². The number of methoxy groups -OCH3 is 3. The molecule has 0 unspecified atom stereocenters. The quantitative estimate of drug-likeness (QED) is 0.454. The van der Waals surface area contributed by atoms with E-state index in [1.165, 1.54) is 30.9 Å². The maximum Gasteiger partial charge on any atom is 0.336 e. The number of nitrogens with one attached hydrogen (secondary N) is 1. The summed E-state index contributed by atoms with van der Waals surface area (Å²) in [5, 5.41) is 2.97. The predicted octanol–water partition coefficient (Wildman–Crippen LogP) is 2.82. The number of nitrogens with zero attached hydrogens (tertiary/aromatic N) is 2. The summed E-state index contributed by atoms with van der Waals surface area (Å²) in [6, 6.07) is 18.4. The number of carbonyl (C=O) groups excluding carboxylic acids is 1. The highest BCUT2D eigenvalue weighted by atomic mass is 16.5. The second-order valence-corrected chi connectivity index (χ2v) is 7.35. The van der Waals surface area contributed by atoms with Gasteiger partial charge in [-0.3, -0.25) is 14.2 Å². The number of rotatable bonds is 7. The lowest BCUT2D eigenvalue weighted by Crippen LogP contribution is -2.40. The second kappa shape index (κ2) is 9.53. The number of benzene rings is 3. The highest BCUT2D eigenvalue weighted by Gasteiger charge is 2.19. The summed E-state index contributed by atoms with van der Waals surface area (Å²) in [6.45, 7) is -0.329. The standard InChI is InChI=1S/C25H23N3O6/c1-32-18-11-9-16(10-12-18)26-23(29)15-27-20-14-22(34-3)21(33-2)13-19(20)24(30)28(25(27)31)17-7-5-4-6-8-17/h4-14H,15H2,1-3H3,(H,26,29). The second-order valence-electron chi connectivity index (χ2n) is 7.35. The van der Waals surface area contributed by atoms with E-state index in [1.807, 2.05) is 0 Å². The number of ether oxygens (including phenoxy) is 3. The van der Waals surface area contributed by atoms with E-state index in [0.29, 0.717) is 28.6 Å². The van der Waals surface area contributed by atoms with E-state index in [0.717, 1.165) is 4.57 Å². The van der Waals surface area contributed by atoms with Gasteiger partial charge >= 0.3 is 5.69 Å². The van der Waals surface area contributed by atoms with Crippen molar-refractivity contribution in [1.29, 1.82) is 0 Å². The van der Waals surface area contributed by atoms with E-state index in [1.54, 1.807) is 61.7 Å². The summed E-state index contributed by atoms with van der Waals surface area (Å²) < 4.78 is 18.1. The van der Waals surface area contributed by atoms with E-state index < -0.39 is 17.2 Å². The van der Waals surface area contributed by atoms with Gasteiger partial charge in [-0.05, 0) is 42.5 Å². The van der Waals surface area contributed by atoms with Gasteiger partial charge in [0.05, 0.1) is 37.9 Å². The Bertz CT molecular complexity index is 1460. The zero-order valence-corrected chi connectivity index (χ0v) is 18.9. The van der Waals surface area contributed by atoms with Crippen LogP contribution < -0.4 is 30.8 Å². The number of hydrogen-bond acceptors (Lipinski definition) is 6. The van der Waals surface area contributed by atoms with Gasteiger partial charge < -0.3 is 19.5 Å². The van der Waals surface area contributed by atoms with Gasteiger partial charge in [0.25, 0.3) is 5.56 Å². The highest BCUT2D eigenvalue weighted by molar-refractivity contribution is 5.92. The van der Waals surface area contributed by atoms with Crippen LogP contribution in [-0.2, 0) is 11.3 Å². The topological polar surface area (TPSA) is 101 Å². The minimum Gasteiger partial charge on any atom is -0.497 e. The van der Waals surface area contributed by atoms with Crippen molar-refractivity contribution in [3.05, 3.63) is 87.6 Å².